The summed E-state index contributed by atoms with van der Waals surface area (Å²) in [5.41, 5.74) is -2.16. The number of halogens is 3. The highest BCUT2D eigenvalue weighted by molar-refractivity contribution is 14.1. The lowest BCUT2D eigenvalue weighted by molar-refractivity contribution is -0.386. The fraction of sp³-hybridized carbons (Fsp3) is 0.143. The van der Waals surface area contributed by atoms with Crippen molar-refractivity contribution in [1.82, 2.24) is 4.98 Å². The molecule has 5 nitrogen and oxygen atoms in total. The fourth-order valence-corrected chi connectivity index (χ4v) is 1.61. The molecule has 1 rings (SSSR count). The summed E-state index contributed by atoms with van der Waals surface area (Å²) in [5.74, 6) is 0. The normalized spacial score (nSPS) is 10.4. The number of aromatic nitrogens is 1. The van der Waals surface area contributed by atoms with Gasteiger partial charge in [-0.1, -0.05) is 0 Å². The molecule has 0 spiro atoms. The molecule has 0 aliphatic heterocycles. The predicted molar refractivity (Wildman–Crippen MR) is 54.0 cm³/mol. The number of hydrogen-bond donors (Lipinski definition) is 0. The van der Waals surface area contributed by atoms with E-state index in [0.717, 1.165) is 6.20 Å². The van der Waals surface area contributed by atoms with Gasteiger partial charge in [0.05, 0.1) is 4.92 Å². The van der Waals surface area contributed by atoms with Gasteiger partial charge in [0.25, 0.3) is 12.1 Å². The third-order valence-corrected chi connectivity index (χ3v) is 2.37. The van der Waals surface area contributed by atoms with Crippen LogP contribution in [0.25, 0.3) is 0 Å². The van der Waals surface area contributed by atoms with Crippen molar-refractivity contribution in [3.63, 3.8) is 0 Å². The van der Waals surface area contributed by atoms with Crippen LogP contribution in [0.3, 0.4) is 0 Å². The van der Waals surface area contributed by atoms with Crippen LogP contribution in [-0.2, 0) is 0 Å². The molecular formula is C7H3F2IN2O3. The van der Waals surface area contributed by atoms with Crippen LogP contribution in [-0.4, -0.2) is 16.2 Å². The predicted octanol–water partition coefficient (Wildman–Crippen LogP) is 2.34. The summed E-state index contributed by atoms with van der Waals surface area (Å²) < 4.78 is 24.7. The van der Waals surface area contributed by atoms with Crippen LogP contribution in [0.15, 0.2) is 6.20 Å². The maximum absolute atomic E-state index is 12.3. The minimum Gasteiger partial charge on any atom is -0.298 e. The Morgan fingerprint density at radius 3 is 2.60 bits per heavy atom. The first-order chi connectivity index (χ1) is 6.99. The van der Waals surface area contributed by atoms with E-state index >= 15 is 0 Å². The lowest BCUT2D eigenvalue weighted by Crippen LogP contribution is -2.05. The van der Waals surface area contributed by atoms with Gasteiger partial charge in [-0.2, -0.15) is 0 Å². The van der Waals surface area contributed by atoms with Gasteiger partial charge in [0.15, 0.2) is 6.29 Å². The van der Waals surface area contributed by atoms with Crippen LogP contribution < -0.4 is 0 Å². The molecule has 80 valence electrons. The van der Waals surface area contributed by atoms with E-state index in [4.69, 9.17) is 0 Å². The van der Waals surface area contributed by atoms with Crippen molar-refractivity contribution in [3.05, 3.63) is 31.1 Å². The van der Waals surface area contributed by atoms with Crippen molar-refractivity contribution in [2.45, 2.75) is 6.43 Å². The van der Waals surface area contributed by atoms with Gasteiger partial charge in [0.2, 0.25) is 0 Å². The lowest BCUT2D eigenvalue weighted by atomic mass is 10.2. The van der Waals surface area contributed by atoms with Gasteiger partial charge in [-0.3, -0.25) is 19.9 Å². The van der Waals surface area contributed by atoms with Gasteiger partial charge in [0, 0.05) is 6.20 Å². The zero-order chi connectivity index (χ0) is 11.6. The van der Waals surface area contributed by atoms with E-state index in [2.05, 4.69) is 4.98 Å². The van der Waals surface area contributed by atoms with Crippen molar-refractivity contribution < 1.29 is 18.5 Å². The van der Waals surface area contributed by atoms with E-state index in [9.17, 15) is 23.7 Å². The van der Waals surface area contributed by atoms with Crippen LogP contribution in [0.4, 0.5) is 14.5 Å². The Bertz CT molecular complexity index is 425. The minimum absolute atomic E-state index is 0.0226. The Kier molecular flexibility index (Phi) is 3.61. The van der Waals surface area contributed by atoms with Crippen molar-refractivity contribution in [2.24, 2.45) is 0 Å². The SMILES string of the molecule is O=Cc1c(C(F)F)ncc(I)c1[N+](=O)[O-]. The topological polar surface area (TPSA) is 73.1 Å². The molecule has 0 aliphatic rings. The first-order valence-corrected chi connectivity index (χ1v) is 4.63. The van der Waals surface area contributed by atoms with Crippen molar-refractivity contribution in [1.29, 1.82) is 0 Å². The van der Waals surface area contributed by atoms with Gasteiger partial charge in [-0.15, -0.1) is 0 Å². The Labute approximate surface area is 95.8 Å². The molecule has 0 amide bonds. The second-order valence-corrected chi connectivity index (χ2v) is 3.59. The summed E-state index contributed by atoms with van der Waals surface area (Å²) in [6.07, 6.45) is -2.05. The van der Waals surface area contributed by atoms with E-state index in [0.29, 0.717) is 0 Å². The number of carbonyl (C=O) groups excluding carboxylic acids is 1. The van der Waals surface area contributed by atoms with Gasteiger partial charge in [-0.05, 0) is 22.6 Å². The highest BCUT2D eigenvalue weighted by atomic mass is 127. The average Bonchev–Trinajstić information content (AvgIpc) is 2.15. The summed E-state index contributed by atoms with van der Waals surface area (Å²) >= 11 is 1.56. The number of carbonyl (C=O) groups is 1. The molecule has 0 aliphatic carbocycles. The Hall–Kier alpha value is -1.19. The van der Waals surface area contributed by atoms with Gasteiger partial charge in [-0.25, -0.2) is 8.78 Å². The number of alkyl halides is 2. The molecule has 0 fully saturated rings. The van der Waals surface area contributed by atoms with E-state index in [1.807, 2.05) is 0 Å². The molecule has 1 heterocycles. The number of nitro groups is 1. The summed E-state index contributed by atoms with van der Waals surface area (Å²) in [4.78, 5) is 23.5. The van der Waals surface area contributed by atoms with E-state index in [1.54, 1.807) is 22.6 Å². The van der Waals surface area contributed by atoms with Gasteiger partial charge in [0.1, 0.15) is 14.8 Å². The van der Waals surface area contributed by atoms with Crippen LogP contribution >= 0.6 is 22.6 Å². The Morgan fingerprint density at radius 2 is 2.20 bits per heavy atom. The second-order valence-electron chi connectivity index (χ2n) is 2.43. The quantitative estimate of drug-likeness (QED) is 0.369. The summed E-state index contributed by atoms with van der Waals surface area (Å²) in [5, 5.41) is 10.5. The van der Waals surface area contributed by atoms with Crippen molar-refractivity contribution in [2.75, 3.05) is 0 Å². The van der Waals surface area contributed by atoms with Crippen LogP contribution in [0.5, 0.6) is 0 Å². The maximum atomic E-state index is 12.3. The standard InChI is InChI=1S/C7H3F2IN2O3/c8-7(9)5-3(2-13)6(12(14)15)4(10)1-11-5/h1-2,7H. The third kappa shape index (κ3) is 2.25. The molecule has 0 N–H and O–H groups in total. The zero-order valence-corrected chi connectivity index (χ0v) is 9.14. The summed E-state index contributed by atoms with van der Waals surface area (Å²) in [6, 6.07) is 0. The summed E-state index contributed by atoms with van der Waals surface area (Å²) in [6.45, 7) is 0. The van der Waals surface area contributed by atoms with E-state index < -0.39 is 28.3 Å². The average molecular weight is 328 g/mol. The monoisotopic (exact) mass is 328 g/mol. The largest absolute Gasteiger partial charge is 0.298 e. The van der Waals surface area contributed by atoms with Gasteiger partial charge < -0.3 is 0 Å². The summed E-state index contributed by atoms with van der Waals surface area (Å²) in [7, 11) is 0. The third-order valence-electron chi connectivity index (χ3n) is 1.58. The Morgan fingerprint density at radius 1 is 1.60 bits per heavy atom. The molecule has 15 heavy (non-hydrogen) atoms. The first-order valence-electron chi connectivity index (χ1n) is 3.55. The van der Waals surface area contributed by atoms with E-state index in [-0.39, 0.29) is 9.86 Å². The molecule has 0 saturated heterocycles. The Balaban J connectivity index is 3.54. The molecule has 0 radical (unpaired) electrons. The zero-order valence-electron chi connectivity index (χ0n) is 6.99. The maximum Gasteiger partial charge on any atom is 0.296 e. The molecule has 0 saturated carbocycles. The number of rotatable bonds is 3. The first kappa shape index (κ1) is 11.9. The van der Waals surface area contributed by atoms with Crippen LogP contribution in [0.1, 0.15) is 22.5 Å². The molecule has 1 aromatic rings. The molecule has 0 atom stereocenters. The molecule has 8 heteroatoms. The van der Waals surface area contributed by atoms with E-state index in [1.165, 1.54) is 0 Å². The highest BCUT2D eigenvalue weighted by Crippen LogP contribution is 2.30. The molecule has 1 aromatic heterocycles. The van der Waals surface area contributed by atoms with Crippen LogP contribution in [0.2, 0.25) is 0 Å². The minimum atomic E-state index is -3.01. The molecule has 0 aromatic carbocycles. The van der Waals surface area contributed by atoms with Crippen molar-refractivity contribution >= 4 is 34.6 Å². The van der Waals surface area contributed by atoms with Crippen LogP contribution in [0, 0.1) is 13.7 Å². The molecule has 0 unspecified atom stereocenters. The number of aldehydes is 1. The fourth-order valence-electron chi connectivity index (χ4n) is 0.982. The number of nitrogens with zero attached hydrogens (tertiary/aromatic N) is 2. The smallest absolute Gasteiger partial charge is 0.296 e. The highest BCUT2D eigenvalue weighted by Gasteiger charge is 2.26. The van der Waals surface area contributed by atoms with Crippen molar-refractivity contribution in [3.8, 4) is 0 Å². The molecular weight excluding hydrogens is 325 g/mol. The lowest BCUT2D eigenvalue weighted by Gasteiger charge is -2.04. The van der Waals surface area contributed by atoms with Gasteiger partial charge >= 0.3 is 0 Å². The number of pyridine rings is 1. The molecule has 0 bridgehead atoms. The second kappa shape index (κ2) is 4.55. The number of hydrogen-bond acceptors (Lipinski definition) is 4.